The Balaban J connectivity index is 0.000000214. The first kappa shape index (κ1) is 29.7. The first-order valence-corrected chi connectivity index (χ1v) is 12.6. The lowest BCUT2D eigenvalue weighted by Crippen LogP contribution is -2.28. The fraction of sp³-hybridized carbons (Fsp3) is 0.154. The average Bonchev–Trinajstić information content (AvgIpc) is 2.91. The van der Waals surface area contributed by atoms with E-state index >= 15 is 0 Å². The summed E-state index contributed by atoms with van der Waals surface area (Å²) in [5.74, 6) is -1.42. The normalized spacial score (nSPS) is 11.5. The molecule has 0 unspecified atom stereocenters. The standard InChI is InChI=1S/C13H12BrN3O.C8H11N.C5H3BrN2O2/c1-9(10-5-3-2-4-6-10)17-13(18)12-15-7-11(14)8-16-12;1-7(9)8-5-3-2-4-6-8;6-3-1-7-4(5(9)10)8-2-3/h2-9H,1H3,(H,17,18);2-7H,9H2,1H3;1-2H,(H,9,10)/t9-;7-;/m11./s1. The van der Waals surface area contributed by atoms with Crippen LogP contribution >= 0.6 is 31.9 Å². The van der Waals surface area contributed by atoms with E-state index in [0.29, 0.717) is 4.47 Å². The minimum atomic E-state index is -1.12. The molecule has 2 aromatic heterocycles. The predicted octanol–water partition coefficient (Wildman–Crippen LogP) is 5.37. The Hall–Kier alpha value is -3.54. The lowest BCUT2D eigenvalue weighted by molar-refractivity contribution is 0.0683. The Labute approximate surface area is 231 Å². The van der Waals surface area contributed by atoms with Crippen molar-refractivity contribution in [2.75, 3.05) is 0 Å². The number of aromatic nitrogens is 4. The Morgan fingerprint density at radius 2 is 1.16 bits per heavy atom. The quantitative estimate of drug-likeness (QED) is 0.267. The van der Waals surface area contributed by atoms with Gasteiger partial charge in [0.05, 0.1) is 15.0 Å². The third-order valence-electron chi connectivity index (χ3n) is 4.61. The van der Waals surface area contributed by atoms with E-state index in [0.717, 1.165) is 10.0 Å². The van der Waals surface area contributed by atoms with Crippen LogP contribution < -0.4 is 11.1 Å². The van der Waals surface area contributed by atoms with Gasteiger partial charge in [-0.15, -0.1) is 0 Å². The molecule has 0 aliphatic carbocycles. The summed E-state index contributed by atoms with van der Waals surface area (Å²) in [5.41, 5.74) is 7.85. The second-order valence-corrected chi connectivity index (χ2v) is 9.39. The summed E-state index contributed by atoms with van der Waals surface area (Å²) < 4.78 is 1.41. The zero-order chi connectivity index (χ0) is 27.2. The van der Waals surface area contributed by atoms with Crippen molar-refractivity contribution < 1.29 is 14.7 Å². The number of nitrogens with one attached hydrogen (secondary N) is 1. The predicted molar refractivity (Wildman–Crippen MR) is 148 cm³/mol. The van der Waals surface area contributed by atoms with Gasteiger partial charge in [-0.3, -0.25) is 4.79 Å². The van der Waals surface area contributed by atoms with Gasteiger partial charge < -0.3 is 16.2 Å². The van der Waals surface area contributed by atoms with E-state index in [2.05, 4.69) is 57.1 Å². The molecule has 0 bridgehead atoms. The molecule has 0 saturated carbocycles. The molecule has 2 aromatic carbocycles. The minimum absolute atomic E-state index is 0.0778. The van der Waals surface area contributed by atoms with Gasteiger partial charge in [-0.05, 0) is 56.8 Å². The molecule has 0 aliphatic heterocycles. The highest BCUT2D eigenvalue weighted by Gasteiger charge is 2.13. The van der Waals surface area contributed by atoms with E-state index in [1.807, 2.05) is 74.5 Å². The summed E-state index contributed by atoms with van der Waals surface area (Å²) in [7, 11) is 0. The van der Waals surface area contributed by atoms with E-state index in [1.54, 1.807) is 12.4 Å². The van der Waals surface area contributed by atoms with Crippen molar-refractivity contribution in [2.45, 2.75) is 25.9 Å². The molecule has 192 valence electrons. The van der Waals surface area contributed by atoms with Crippen LogP contribution in [-0.2, 0) is 0 Å². The second kappa shape index (κ2) is 15.5. The third-order valence-corrected chi connectivity index (χ3v) is 5.43. The summed E-state index contributed by atoms with van der Waals surface area (Å²) >= 11 is 6.30. The van der Waals surface area contributed by atoms with Crippen LogP contribution in [0.2, 0.25) is 0 Å². The molecule has 4 aromatic rings. The number of carboxylic acid groups (broad SMARTS) is 1. The summed E-state index contributed by atoms with van der Waals surface area (Å²) in [5, 5.41) is 11.2. The van der Waals surface area contributed by atoms with Crippen LogP contribution in [0, 0.1) is 0 Å². The van der Waals surface area contributed by atoms with Crippen LogP contribution in [0.15, 0.2) is 94.4 Å². The van der Waals surface area contributed by atoms with Gasteiger partial charge in [0.15, 0.2) is 0 Å². The molecular formula is C26H26Br2N6O3. The fourth-order valence-corrected chi connectivity index (χ4v) is 3.10. The van der Waals surface area contributed by atoms with Crippen molar-refractivity contribution in [1.82, 2.24) is 25.3 Å². The highest BCUT2D eigenvalue weighted by atomic mass is 79.9. The maximum atomic E-state index is 11.9. The number of carbonyl (C=O) groups excluding carboxylic acids is 1. The van der Waals surface area contributed by atoms with Crippen molar-refractivity contribution in [3.05, 3.63) is 117 Å². The number of carboxylic acids is 1. The number of hydrogen-bond donors (Lipinski definition) is 3. The monoisotopic (exact) mass is 628 g/mol. The molecule has 0 radical (unpaired) electrons. The minimum Gasteiger partial charge on any atom is -0.475 e. The summed E-state index contributed by atoms with van der Waals surface area (Å²) in [6.07, 6.45) is 5.87. The van der Waals surface area contributed by atoms with Crippen LogP contribution in [0.5, 0.6) is 0 Å². The SMILES string of the molecule is C[C@@H](N)c1ccccc1.C[C@@H](NC(=O)c1ncc(Br)cn1)c1ccccc1.O=C(O)c1ncc(Br)cn1. The van der Waals surface area contributed by atoms with Crippen LogP contribution in [0.1, 0.15) is 58.3 Å². The Bertz CT molecular complexity index is 1240. The first-order valence-electron chi connectivity index (χ1n) is 11.0. The van der Waals surface area contributed by atoms with Crippen LogP contribution in [0.25, 0.3) is 0 Å². The number of aromatic carboxylic acids is 1. The molecule has 4 N–H and O–H groups in total. The summed E-state index contributed by atoms with van der Waals surface area (Å²) in [6, 6.07) is 19.9. The van der Waals surface area contributed by atoms with E-state index in [-0.39, 0.29) is 29.6 Å². The molecule has 9 nitrogen and oxygen atoms in total. The van der Waals surface area contributed by atoms with E-state index in [4.69, 9.17) is 10.8 Å². The van der Waals surface area contributed by atoms with Crippen LogP contribution in [-0.4, -0.2) is 36.9 Å². The van der Waals surface area contributed by atoms with Crippen molar-refractivity contribution in [2.24, 2.45) is 5.73 Å². The number of rotatable bonds is 5. The number of carbonyl (C=O) groups is 2. The first-order chi connectivity index (χ1) is 17.7. The molecule has 1 amide bonds. The second-order valence-electron chi connectivity index (χ2n) is 7.56. The number of nitrogens with two attached hydrogens (primary N) is 1. The van der Waals surface area contributed by atoms with Gasteiger partial charge in [0.1, 0.15) is 0 Å². The van der Waals surface area contributed by atoms with Crippen LogP contribution in [0.4, 0.5) is 0 Å². The molecule has 4 rings (SSSR count). The lowest BCUT2D eigenvalue weighted by atomic mass is 10.1. The van der Waals surface area contributed by atoms with Gasteiger partial charge in [-0.25, -0.2) is 24.7 Å². The smallest absolute Gasteiger partial charge is 0.373 e. The Morgan fingerprint density at radius 1 is 0.757 bits per heavy atom. The maximum Gasteiger partial charge on any atom is 0.373 e. The summed E-state index contributed by atoms with van der Waals surface area (Å²) in [6.45, 7) is 3.90. The number of nitrogens with zero attached hydrogens (tertiary/aromatic N) is 4. The van der Waals surface area contributed by atoms with E-state index in [9.17, 15) is 9.59 Å². The molecule has 0 fully saturated rings. The molecule has 2 heterocycles. The number of benzene rings is 2. The topological polar surface area (TPSA) is 144 Å². The molecule has 2 atom stereocenters. The average molecular weight is 630 g/mol. The fourth-order valence-electron chi connectivity index (χ4n) is 2.70. The maximum absolute atomic E-state index is 11.9. The van der Waals surface area contributed by atoms with Gasteiger partial charge >= 0.3 is 5.97 Å². The highest BCUT2D eigenvalue weighted by molar-refractivity contribution is 9.10. The van der Waals surface area contributed by atoms with Crippen molar-refractivity contribution in [1.29, 1.82) is 0 Å². The zero-order valence-electron chi connectivity index (χ0n) is 20.1. The van der Waals surface area contributed by atoms with Crippen molar-refractivity contribution in [3.8, 4) is 0 Å². The largest absolute Gasteiger partial charge is 0.475 e. The summed E-state index contributed by atoms with van der Waals surface area (Å²) in [4.78, 5) is 37.0. The molecule has 0 aliphatic rings. The highest BCUT2D eigenvalue weighted by Crippen LogP contribution is 2.12. The van der Waals surface area contributed by atoms with Gasteiger partial charge in [0.2, 0.25) is 11.6 Å². The van der Waals surface area contributed by atoms with Gasteiger partial charge in [-0.1, -0.05) is 60.7 Å². The van der Waals surface area contributed by atoms with Crippen LogP contribution in [0.3, 0.4) is 0 Å². The van der Waals surface area contributed by atoms with Crippen molar-refractivity contribution >= 4 is 43.7 Å². The molecule has 11 heteroatoms. The number of hydrogen-bond acceptors (Lipinski definition) is 7. The number of halogens is 2. The van der Waals surface area contributed by atoms with Gasteiger partial charge in [-0.2, -0.15) is 0 Å². The molecular weight excluding hydrogens is 604 g/mol. The Morgan fingerprint density at radius 3 is 1.54 bits per heavy atom. The molecule has 0 spiro atoms. The van der Waals surface area contributed by atoms with E-state index in [1.165, 1.54) is 18.0 Å². The number of amides is 1. The molecule has 37 heavy (non-hydrogen) atoms. The zero-order valence-corrected chi connectivity index (χ0v) is 23.3. The Kier molecular flexibility index (Phi) is 12.5. The third kappa shape index (κ3) is 10.9. The van der Waals surface area contributed by atoms with Gasteiger partial charge in [0, 0.05) is 30.8 Å². The van der Waals surface area contributed by atoms with Gasteiger partial charge in [0.25, 0.3) is 5.91 Å². The van der Waals surface area contributed by atoms with E-state index < -0.39 is 5.97 Å². The lowest BCUT2D eigenvalue weighted by Gasteiger charge is -2.13. The molecule has 0 saturated heterocycles. The van der Waals surface area contributed by atoms with Crippen molar-refractivity contribution in [3.63, 3.8) is 0 Å².